The van der Waals surface area contributed by atoms with Gasteiger partial charge in [0.15, 0.2) is 0 Å². The number of alkyl halides is 3. The Morgan fingerprint density at radius 2 is 1.75 bits per heavy atom. The van der Waals surface area contributed by atoms with Crippen LogP contribution >= 0.6 is 0 Å². The normalized spacial score (nSPS) is 13.4. The van der Waals surface area contributed by atoms with Crippen LogP contribution < -0.4 is 4.72 Å². The van der Waals surface area contributed by atoms with Gasteiger partial charge < -0.3 is 9.52 Å². The number of sulfonamides is 1. The molecule has 0 bridgehead atoms. The molecule has 1 aromatic heterocycles. The fourth-order valence-corrected chi connectivity index (χ4v) is 3.63. The van der Waals surface area contributed by atoms with Gasteiger partial charge >= 0.3 is 6.18 Å². The van der Waals surface area contributed by atoms with E-state index in [0.29, 0.717) is 17.4 Å². The highest BCUT2D eigenvalue weighted by Crippen LogP contribution is 2.30. The minimum atomic E-state index is -4.65. The molecule has 0 saturated carbocycles. The maximum Gasteiger partial charge on any atom is 0.416 e. The topological polar surface area (TPSA) is 79.5 Å². The number of furan rings is 1. The van der Waals surface area contributed by atoms with Gasteiger partial charge in [-0.1, -0.05) is 30.3 Å². The molecule has 0 unspecified atom stereocenters. The van der Waals surface area contributed by atoms with E-state index in [4.69, 9.17) is 4.42 Å². The van der Waals surface area contributed by atoms with Gasteiger partial charge in [-0.15, -0.1) is 0 Å². The van der Waals surface area contributed by atoms with Gasteiger partial charge in [-0.05, 0) is 35.9 Å². The second-order valence-corrected chi connectivity index (χ2v) is 7.76. The molecular formula is C19H16F3NO4S. The highest BCUT2D eigenvalue weighted by Gasteiger charge is 2.31. The predicted molar refractivity (Wildman–Crippen MR) is 95.7 cm³/mol. The van der Waals surface area contributed by atoms with E-state index in [1.54, 1.807) is 36.4 Å². The van der Waals surface area contributed by atoms with Crippen LogP contribution in [0.2, 0.25) is 0 Å². The van der Waals surface area contributed by atoms with Gasteiger partial charge in [0.05, 0.1) is 22.8 Å². The second kappa shape index (κ2) is 7.78. The van der Waals surface area contributed by atoms with E-state index >= 15 is 0 Å². The van der Waals surface area contributed by atoms with Crippen molar-refractivity contribution < 1.29 is 31.1 Å². The van der Waals surface area contributed by atoms with Gasteiger partial charge in [0.1, 0.15) is 5.76 Å². The molecule has 5 nitrogen and oxygen atoms in total. The summed E-state index contributed by atoms with van der Waals surface area (Å²) in [7, 11) is -4.21. The summed E-state index contributed by atoms with van der Waals surface area (Å²) in [5.74, 6) is 0.645. The lowest BCUT2D eigenvalue weighted by Crippen LogP contribution is -2.28. The number of hydrogen-bond acceptors (Lipinski definition) is 4. The summed E-state index contributed by atoms with van der Waals surface area (Å²) in [6, 6.07) is 13.6. The van der Waals surface area contributed by atoms with Gasteiger partial charge in [0, 0.05) is 12.1 Å². The molecule has 28 heavy (non-hydrogen) atoms. The SMILES string of the molecule is O=S(=O)(NC[C@@H](O)c1ccc(-c2ccco2)cc1)c1cccc(C(F)(F)F)c1. The molecule has 0 saturated heterocycles. The van der Waals surface area contributed by atoms with Crippen LogP contribution in [0.5, 0.6) is 0 Å². The number of benzene rings is 2. The number of nitrogens with one attached hydrogen (secondary N) is 1. The first-order valence-corrected chi connectivity index (χ1v) is 9.64. The van der Waals surface area contributed by atoms with Crippen LogP contribution in [-0.4, -0.2) is 20.1 Å². The molecule has 3 rings (SSSR count). The van der Waals surface area contributed by atoms with Crippen LogP contribution in [-0.2, 0) is 16.2 Å². The van der Waals surface area contributed by atoms with E-state index in [9.17, 15) is 26.7 Å². The molecule has 2 N–H and O–H groups in total. The van der Waals surface area contributed by atoms with Crippen LogP contribution in [0.4, 0.5) is 13.2 Å². The van der Waals surface area contributed by atoms with E-state index in [-0.39, 0.29) is 0 Å². The molecule has 0 spiro atoms. The zero-order chi connectivity index (χ0) is 20.4. The first kappa shape index (κ1) is 20.1. The van der Waals surface area contributed by atoms with Crippen molar-refractivity contribution in [1.82, 2.24) is 4.72 Å². The summed E-state index contributed by atoms with van der Waals surface area (Å²) in [4.78, 5) is -0.525. The van der Waals surface area contributed by atoms with Gasteiger partial charge in [0.2, 0.25) is 10.0 Å². The Kier molecular flexibility index (Phi) is 5.59. The van der Waals surface area contributed by atoms with Crippen molar-refractivity contribution in [1.29, 1.82) is 0 Å². The molecule has 0 aliphatic carbocycles. The molecule has 9 heteroatoms. The Hall–Kier alpha value is -2.62. The third-order valence-corrected chi connectivity index (χ3v) is 5.46. The maximum atomic E-state index is 12.8. The summed E-state index contributed by atoms with van der Waals surface area (Å²) in [6.45, 7) is -0.390. The van der Waals surface area contributed by atoms with Crippen molar-refractivity contribution in [2.75, 3.05) is 6.54 Å². The van der Waals surface area contributed by atoms with Crippen molar-refractivity contribution in [2.24, 2.45) is 0 Å². The Morgan fingerprint density at radius 3 is 2.36 bits per heavy atom. The Balaban J connectivity index is 1.69. The van der Waals surface area contributed by atoms with Gasteiger partial charge in [-0.25, -0.2) is 13.1 Å². The molecule has 1 atom stereocenters. The standard InChI is InChI=1S/C19H16F3NO4S/c20-19(21,22)15-3-1-4-16(11-15)28(25,26)23-12-17(24)13-6-8-14(9-7-13)18-5-2-10-27-18/h1-11,17,23-24H,12H2/t17-/m1/s1. The summed E-state index contributed by atoms with van der Waals surface area (Å²) in [6.07, 6.45) is -4.30. The molecule has 1 heterocycles. The largest absolute Gasteiger partial charge is 0.464 e. The highest BCUT2D eigenvalue weighted by molar-refractivity contribution is 7.89. The molecule has 0 radical (unpaired) electrons. The first-order chi connectivity index (χ1) is 13.2. The smallest absolute Gasteiger partial charge is 0.416 e. The zero-order valence-corrected chi connectivity index (χ0v) is 15.2. The van der Waals surface area contributed by atoms with Crippen LogP contribution in [0.15, 0.2) is 76.2 Å². The molecule has 148 valence electrons. The molecule has 0 aliphatic heterocycles. The average Bonchev–Trinajstić information content (AvgIpc) is 3.20. The molecule has 0 amide bonds. The van der Waals surface area contributed by atoms with Crippen LogP contribution in [0.1, 0.15) is 17.2 Å². The lowest BCUT2D eigenvalue weighted by Gasteiger charge is -2.14. The van der Waals surface area contributed by atoms with E-state index in [1.807, 2.05) is 0 Å². The fourth-order valence-electron chi connectivity index (χ4n) is 2.54. The quantitative estimate of drug-likeness (QED) is 0.643. The van der Waals surface area contributed by atoms with Gasteiger partial charge in [0.25, 0.3) is 0 Å². The molecule has 2 aromatic carbocycles. The number of rotatable bonds is 6. The molecule has 0 fully saturated rings. The Bertz CT molecular complexity index is 1030. The second-order valence-electron chi connectivity index (χ2n) is 5.99. The third kappa shape index (κ3) is 4.61. The van der Waals surface area contributed by atoms with Crippen LogP contribution in [0.3, 0.4) is 0 Å². The lowest BCUT2D eigenvalue weighted by atomic mass is 10.1. The number of aliphatic hydroxyl groups excluding tert-OH is 1. The third-order valence-electron chi connectivity index (χ3n) is 4.04. The van der Waals surface area contributed by atoms with Gasteiger partial charge in [-0.2, -0.15) is 13.2 Å². The van der Waals surface area contributed by atoms with E-state index < -0.39 is 39.3 Å². The van der Waals surface area contributed by atoms with Crippen LogP contribution in [0.25, 0.3) is 11.3 Å². The van der Waals surface area contributed by atoms with Gasteiger partial charge in [-0.3, -0.25) is 0 Å². The molecular weight excluding hydrogens is 395 g/mol. The van der Waals surface area contributed by atoms with E-state index in [1.165, 1.54) is 6.26 Å². The summed E-state index contributed by atoms with van der Waals surface area (Å²) < 4.78 is 70.2. The number of hydrogen-bond donors (Lipinski definition) is 2. The average molecular weight is 411 g/mol. The lowest BCUT2D eigenvalue weighted by molar-refractivity contribution is -0.137. The first-order valence-electron chi connectivity index (χ1n) is 8.16. The Morgan fingerprint density at radius 1 is 1.04 bits per heavy atom. The van der Waals surface area contributed by atoms with Crippen molar-refractivity contribution in [3.63, 3.8) is 0 Å². The van der Waals surface area contributed by atoms with Crippen molar-refractivity contribution in [3.8, 4) is 11.3 Å². The minimum Gasteiger partial charge on any atom is -0.464 e. The van der Waals surface area contributed by atoms with Crippen LogP contribution in [0, 0.1) is 0 Å². The van der Waals surface area contributed by atoms with Crippen molar-refractivity contribution in [3.05, 3.63) is 78.1 Å². The van der Waals surface area contributed by atoms with E-state index in [0.717, 1.165) is 23.8 Å². The Labute approximate surface area is 159 Å². The number of halogens is 3. The summed E-state index contributed by atoms with van der Waals surface area (Å²) >= 11 is 0. The minimum absolute atomic E-state index is 0.390. The number of aliphatic hydroxyl groups is 1. The maximum absolute atomic E-state index is 12.8. The fraction of sp³-hybridized carbons (Fsp3) is 0.158. The zero-order valence-electron chi connectivity index (χ0n) is 14.3. The van der Waals surface area contributed by atoms with E-state index in [2.05, 4.69) is 4.72 Å². The molecule has 0 aliphatic rings. The monoisotopic (exact) mass is 411 g/mol. The predicted octanol–water partition coefficient (Wildman–Crippen LogP) is 3.98. The van der Waals surface area contributed by atoms with Crippen molar-refractivity contribution in [2.45, 2.75) is 17.2 Å². The molecule has 3 aromatic rings. The van der Waals surface area contributed by atoms with Crippen molar-refractivity contribution >= 4 is 10.0 Å². The summed E-state index contributed by atoms with van der Waals surface area (Å²) in [5, 5.41) is 10.2. The highest BCUT2D eigenvalue weighted by atomic mass is 32.2. The summed E-state index contributed by atoms with van der Waals surface area (Å²) in [5.41, 5.74) is 0.164.